The van der Waals surface area contributed by atoms with E-state index in [0.717, 1.165) is 0 Å². The zero-order valence-electron chi connectivity index (χ0n) is 12.1. The van der Waals surface area contributed by atoms with Gasteiger partial charge in [0.15, 0.2) is 0 Å². The van der Waals surface area contributed by atoms with Gasteiger partial charge in [0.05, 0.1) is 17.6 Å². The second-order valence-corrected chi connectivity index (χ2v) is 5.87. The summed E-state index contributed by atoms with van der Waals surface area (Å²) in [6, 6.07) is 12.7. The molecule has 0 unspecified atom stereocenters. The Hall–Kier alpha value is -2.73. The van der Waals surface area contributed by atoms with Crippen LogP contribution in [0.2, 0.25) is 0 Å². The summed E-state index contributed by atoms with van der Waals surface area (Å²) in [6.45, 7) is 0. The van der Waals surface area contributed by atoms with Crippen molar-refractivity contribution in [1.82, 2.24) is 0 Å². The van der Waals surface area contributed by atoms with E-state index in [1.165, 1.54) is 36.6 Å². The lowest BCUT2D eigenvalue weighted by atomic mass is 10.2. The third kappa shape index (κ3) is 3.07. The highest BCUT2D eigenvalue weighted by Gasteiger charge is 2.13. The van der Waals surface area contributed by atoms with E-state index in [2.05, 4.69) is 10.1 Å². The second kappa shape index (κ2) is 6.18. The number of thiophene rings is 1. The first-order valence-electron chi connectivity index (χ1n) is 6.76. The largest absolute Gasteiger partial charge is 0.465 e. The molecule has 6 heteroatoms. The van der Waals surface area contributed by atoms with Gasteiger partial charge in [0.25, 0.3) is 5.91 Å². The van der Waals surface area contributed by atoms with Crippen molar-refractivity contribution in [1.29, 1.82) is 0 Å². The number of esters is 1. The standard InChI is InChI=1S/C17H12FNO3S/c1-22-17(21)10-4-2-5-11(8-10)19-16(20)15-9-12-13(18)6-3-7-14(12)23-15/h2-9H,1H3,(H,19,20). The highest BCUT2D eigenvalue weighted by atomic mass is 32.1. The number of halogens is 1. The maximum absolute atomic E-state index is 13.7. The molecule has 0 radical (unpaired) electrons. The van der Waals surface area contributed by atoms with Gasteiger partial charge < -0.3 is 10.1 Å². The Kier molecular flexibility index (Phi) is 4.08. The zero-order valence-corrected chi connectivity index (χ0v) is 12.9. The van der Waals surface area contributed by atoms with E-state index in [1.807, 2.05) is 0 Å². The zero-order chi connectivity index (χ0) is 16.4. The minimum absolute atomic E-state index is 0.340. The Morgan fingerprint density at radius 1 is 1.13 bits per heavy atom. The maximum Gasteiger partial charge on any atom is 0.337 e. The Labute approximate surface area is 135 Å². The van der Waals surface area contributed by atoms with Crippen molar-refractivity contribution >= 4 is 39.0 Å². The van der Waals surface area contributed by atoms with Crippen LogP contribution in [-0.2, 0) is 4.74 Å². The number of hydrogen-bond donors (Lipinski definition) is 1. The molecule has 0 aliphatic carbocycles. The van der Waals surface area contributed by atoms with Gasteiger partial charge in [0, 0.05) is 15.8 Å². The molecule has 3 rings (SSSR count). The van der Waals surface area contributed by atoms with E-state index < -0.39 is 5.97 Å². The third-order valence-electron chi connectivity index (χ3n) is 3.27. The Bertz CT molecular complexity index is 904. The average molecular weight is 329 g/mol. The van der Waals surface area contributed by atoms with Crippen LogP contribution < -0.4 is 5.32 Å². The monoisotopic (exact) mass is 329 g/mol. The summed E-state index contributed by atoms with van der Waals surface area (Å²) in [7, 11) is 1.29. The topological polar surface area (TPSA) is 55.4 Å². The summed E-state index contributed by atoms with van der Waals surface area (Å²) in [5, 5.41) is 3.12. The van der Waals surface area contributed by atoms with Crippen LogP contribution >= 0.6 is 11.3 Å². The van der Waals surface area contributed by atoms with E-state index >= 15 is 0 Å². The molecule has 0 aliphatic heterocycles. The molecule has 0 saturated carbocycles. The van der Waals surface area contributed by atoms with Crippen LogP contribution in [0.3, 0.4) is 0 Å². The van der Waals surface area contributed by atoms with Gasteiger partial charge in [-0.05, 0) is 36.4 Å². The van der Waals surface area contributed by atoms with Crippen LogP contribution in [0.4, 0.5) is 10.1 Å². The van der Waals surface area contributed by atoms with Gasteiger partial charge >= 0.3 is 5.97 Å². The fraction of sp³-hybridized carbons (Fsp3) is 0.0588. The molecule has 0 atom stereocenters. The van der Waals surface area contributed by atoms with Crippen LogP contribution in [0.15, 0.2) is 48.5 Å². The molecule has 1 N–H and O–H groups in total. The van der Waals surface area contributed by atoms with Crippen molar-refractivity contribution in [2.75, 3.05) is 12.4 Å². The number of carbonyl (C=O) groups is 2. The molecular formula is C17H12FNO3S. The summed E-state index contributed by atoms with van der Waals surface area (Å²) in [4.78, 5) is 24.2. The quantitative estimate of drug-likeness (QED) is 0.737. The molecule has 1 aromatic heterocycles. The number of amides is 1. The number of hydrogen-bond acceptors (Lipinski definition) is 4. The van der Waals surface area contributed by atoms with Crippen LogP contribution in [0.5, 0.6) is 0 Å². The van der Waals surface area contributed by atoms with Gasteiger partial charge in [0.1, 0.15) is 5.82 Å². The molecule has 0 saturated heterocycles. The molecule has 4 nitrogen and oxygen atoms in total. The van der Waals surface area contributed by atoms with Crippen molar-refractivity contribution < 1.29 is 18.7 Å². The van der Waals surface area contributed by atoms with Gasteiger partial charge in [-0.2, -0.15) is 0 Å². The van der Waals surface area contributed by atoms with Crippen molar-refractivity contribution in [3.05, 3.63) is 64.8 Å². The highest BCUT2D eigenvalue weighted by molar-refractivity contribution is 7.20. The summed E-state index contributed by atoms with van der Waals surface area (Å²) in [6.07, 6.45) is 0. The lowest BCUT2D eigenvalue weighted by Crippen LogP contribution is -2.11. The molecule has 116 valence electrons. The Morgan fingerprint density at radius 3 is 2.65 bits per heavy atom. The van der Waals surface area contributed by atoms with Crippen molar-refractivity contribution in [3.63, 3.8) is 0 Å². The SMILES string of the molecule is COC(=O)c1cccc(NC(=O)c2cc3c(F)cccc3s2)c1. The number of methoxy groups -OCH3 is 1. The number of fused-ring (bicyclic) bond motifs is 1. The van der Waals surface area contributed by atoms with Crippen LogP contribution in [-0.4, -0.2) is 19.0 Å². The number of carbonyl (C=O) groups excluding carboxylic acids is 2. The Morgan fingerprint density at radius 2 is 1.91 bits per heavy atom. The van der Waals surface area contributed by atoms with Crippen molar-refractivity contribution in [2.45, 2.75) is 0 Å². The van der Waals surface area contributed by atoms with Crippen LogP contribution in [0.25, 0.3) is 10.1 Å². The molecule has 0 aliphatic rings. The average Bonchev–Trinajstić information content (AvgIpc) is 3.00. The van der Waals surface area contributed by atoms with Gasteiger partial charge in [0.2, 0.25) is 0 Å². The summed E-state index contributed by atoms with van der Waals surface area (Å²) < 4.78 is 19.0. The van der Waals surface area contributed by atoms with E-state index in [4.69, 9.17) is 0 Å². The third-order valence-corrected chi connectivity index (χ3v) is 4.37. The molecule has 2 aromatic carbocycles. The molecule has 1 amide bonds. The van der Waals surface area contributed by atoms with Crippen LogP contribution in [0, 0.1) is 5.82 Å². The molecule has 23 heavy (non-hydrogen) atoms. The molecule has 0 fully saturated rings. The van der Waals surface area contributed by atoms with Crippen molar-refractivity contribution in [2.24, 2.45) is 0 Å². The number of nitrogens with one attached hydrogen (secondary N) is 1. The summed E-state index contributed by atoms with van der Waals surface area (Å²) in [5.74, 6) is -1.19. The van der Waals surface area contributed by atoms with Gasteiger partial charge in [-0.1, -0.05) is 12.1 Å². The summed E-state index contributed by atoms with van der Waals surface area (Å²) in [5.41, 5.74) is 0.809. The number of anilines is 1. The van der Waals surface area contributed by atoms with Gasteiger partial charge in [-0.25, -0.2) is 9.18 Å². The first kappa shape index (κ1) is 15.2. The number of ether oxygens (including phenoxy) is 1. The van der Waals surface area contributed by atoms with E-state index in [9.17, 15) is 14.0 Å². The van der Waals surface area contributed by atoms with E-state index in [-0.39, 0.29) is 11.7 Å². The molecule has 0 bridgehead atoms. The van der Waals surface area contributed by atoms with E-state index in [1.54, 1.807) is 30.3 Å². The fourth-order valence-corrected chi connectivity index (χ4v) is 3.14. The predicted molar refractivity (Wildman–Crippen MR) is 87.5 cm³/mol. The highest BCUT2D eigenvalue weighted by Crippen LogP contribution is 2.28. The lowest BCUT2D eigenvalue weighted by Gasteiger charge is -2.05. The molecule has 3 aromatic rings. The Balaban J connectivity index is 1.86. The molecule has 1 heterocycles. The summed E-state index contributed by atoms with van der Waals surface area (Å²) >= 11 is 1.21. The van der Waals surface area contributed by atoms with Gasteiger partial charge in [-0.3, -0.25) is 4.79 Å². The fourth-order valence-electron chi connectivity index (χ4n) is 2.17. The maximum atomic E-state index is 13.7. The smallest absolute Gasteiger partial charge is 0.337 e. The first-order chi connectivity index (χ1) is 11.1. The molecular weight excluding hydrogens is 317 g/mol. The van der Waals surface area contributed by atoms with Crippen LogP contribution in [0.1, 0.15) is 20.0 Å². The number of rotatable bonds is 3. The predicted octanol–water partition coefficient (Wildman–Crippen LogP) is 4.08. The normalized spacial score (nSPS) is 10.5. The minimum atomic E-state index is -0.481. The minimum Gasteiger partial charge on any atom is -0.465 e. The molecule has 0 spiro atoms. The van der Waals surface area contributed by atoms with Gasteiger partial charge in [-0.15, -0.1) is 11.3 Å². The number of benzene rings is 2. The van der Waals surface area contributed by atoms with Crippen molar-refractivity contribution in [3.8, 4) is 0 Å². The second-order valence-electron chi connectivity index (χ2n) is 4.79. The first-order valence-corrected chi connectivity index (χ1v) is 7.58. The lowest BCUT2D eigenvalue weighted by molar-refractivity contribution is 0.0600. The van der Waals surface area contributed by atoms with E-state index in [0.29, 0.717) is 26.2 Å².